The maximum Gasteiger partial charge on any atom is 0.230 e. The number of nitrogens with one attached hydrogen (secondary N) is 1. The Kier molecular flexibility index (Phi) is 4.55. The fraction of sp³-hybridized carbons (Fsp3) is 0.278. The highest BCUT2D eigenvalue weighted by molar-refractivity contribution is 5.97. The number of hydrogen-bond donors (Lipinski definition) is 1. The van der Waals surface area contributed by atoms with Gasteiger partial charge in [-0.15, -0.1) is 0 Å². The lowest BCUT2D eigenvalue weighted by molar-refractivity contribution is -0.128. The van der Waals surface area contributed by atoms with Crippen molar-refractivity contribution in [2.75, 3.05) is 11.9 Å². The Morgan fingerprint density at radius 1 is 1.33 bits per heavy atom. The van der Waals surface area contributed by atoms with Gasteiger partial charge in [-0.05, 0) is 36.2 Å². The van der Waals surface area contributed by atoms with E-state index in [0.29, 0.717) is 18.9 Å². The van der Waals surface area contributed by atoms with Crippen molar-refractivity contribution >= 4 is 17.6 Å². The highest BCUT2D eigenvalue weighted by Gasteiger charge is 2.34. The third-order valence-electron chi connectivity index (χ3n) is 4.12. The molecule has 0 unspecified atom stereocenters. The largest absolute Gasteiger partial charge is 0.338 e. The van der Waals surface area contributed by atoms with Crippen molar-refractivity contribution in [3.8, 4) is 0 Å². The van der Waals surface area contributed by atoms with Crippen molar-refractivity contribution in [3.63, 3.8) is 0 Å². The normalized spacial score (nSPS) is 17.2. The Morgan fingerprint density at radius 2 is 2.08 bits per heavy atom. The predicted molar refractivity (Wildman–Crippen MR) is 87.5 cm³/mol. The summed E-state index contributed by atoms with van der Waals surface area (Å²) in [5, 5.41) is 2.79. The molecule has 1 saturated heterocycles. The van der Waals surface area contributed by atoms with Crippen LogP contribution in [0, 0.1) is 18.7 Å². The quantitative estimate of drug-likeness (QED) is 0.938. The molecular weight excluding hydrogens is 309 g/mol. The summed E-state index contributed by atoms with van der Waals surface area (Å²) in [6, 6.07) is 9.69. The molecule has 0 spiro atoms. The molecule has 1 N–H and O–H groups in total. The van der Waals surface area contributed by atoms with Crippen LogP contribution in [0.3, 0.4) is 0 Å². The van der Waals surface area contributed by atoms with Gasteiger partial charge in [0.05, 0.1) is 5.92 Å². The molecule has 1 aliphatic heterocycles. The highest BCUT2D eigenvalue weighted by Crippen LogP contribution is 2.22. The Morgan fingerprint density at radius 3 is 2.79 bits per heavy atom. The number of rotatable bonds is 4. The standard InChI is InChI=1S/C18H18FN3O2/c1-12-3-2-8-20-17(12)21-18(24)14-9-16(23)22(11-14)10-13-4-6-15(19)7-5-13/h2-8,14H,9-11H2,1H3,(H,20,21,24)/t14-/m1/s1. The molecule has 2 amide bonds. The van der Waals surface area contributed by atoms with Crippen LogP contribution in [0.15, 0.2) is 42.6 Å². The van der Waals surface area contributed by atoms with Crippen LogP contribution in [0.5, 0.6) is 0 Å². The first-order valence-corrected chi connectivity index (χ1v) is 7.77. The molecule has 3 rings (SSSR count). The van der Waals surface area contributed by atoms with E-state index in [9.17, 15) is 14.0 Å². The fourth-order valence-corrected chi connectivity index (χ4v) is 2.75. The van der Waals surface area contributed by atoms with Crippen LogP contribution in [0.4, 0.5) is 10.2 Å². The lowest BCUT2D eigenvalue weighted by Gasteiger charge is -2.16. The molecule has 1 aromatic heterocycles. The molecule has 1 aliphatic rings. The Labute approximate surface area is 139 Å². The molecule has 2 heterocycles. The summed E-state index contributed by atoms with van der Waals surface area (Å²) in [6.45, 7) is 2.60. The smallest absolute Gasteiger partial charge is 0.230 e. The number of nitrogens with zero attached hydrogens (tertiary/aromatic N) is 2. The Hall–Kier alpha value is -2.76. The van der Waals surface area contributed by atoms with Crippen molar-refractivity contribution in [2.24, 2.45) is 5.92 Å². The molecule has 5 nitrogen and oxygen atoms in total. The lowest BCUT2D eigenvalue weighted by atomic mass is 10.1. The van der Waals surface area contributed by atoms with E-state index < -0.39 is 5.92 Å². The molecule has 1 fully saturated rings. The van der Waals surface area contributed by atoms with E-state index in [1.165, 1.54) is 12.1 Å². The highest BCUT2D eigenvalue weighted by atomic mass is 19.1. The number of carbonyl (C=O) groups excluding carboxylic acids is 2. The maximum atomic E-state index is 12.9. The molecular formula is C18H18FN3O2. The molecule has 24 heavy (non-hydrogen) atoms. The summed E-state index contributed by atoms with van der Waals surface area (Å²) in [5.41, 5.74) is 1.71. The number of aromatic nitrogens is 1. The second kappa shape index (κ2) is 6.78. The van der Waals surface area contributed by atoms with Crippen LogP contribution >= 0.6 is 0 Å². The Balaban J connectivity index is 1.62. The van der Waals surface area contributed by atoms with Gasteiger partial charge in [0.25, 0.3) is 0 Å². The van der Waals surface area contributed by atoms with E-state index >= 15 is 0 Å². The van der Waals surface area contributed by atoms with E-state index in [4.69, 9.17) is 0 Å². The van der Waals surface area contributed by atoms with E-state index in [2.05, 4.69) is 10.3 Å². The van der Waals surface area contributed by atoms with Gasteiger partial charge in [-0.1, -0.05) is 18.2 Å². The minimum absolute atomic E-state index is 0.0720. The first kappa shape index (κ1) is 16.1. The fourth-order valence-electron chi connectivity index (χ4n) is 2.75. The van der Waals surface area contributed by atoms with E-state index in [1.54, 1.807) is 29.3 Å². The molecule has 1 atom stereocenters. The van der Waals surface area contributed by atoms with E-state index in [-0.39, 0.29) is 24.1 Å². The van der Waals surface area contributed by atoms with E-state index in [0.717, 1.165) is 11.1 Å². The zero-order valence-electron chi connectivity index (χ0n) is 13.3. The molecule has 0 aliphatic carbocycles. The van der Waals surface area contributed by atoms with Crippen LogP contribution in [0.25, 0.3) is 0 Å². The summed E-state index contributed by atoms with van der Waals surface area (Å²) in [5.74, 6) is -0.468. The second-order valence-corrected chi connectivity index (χ2v) is 5.96. The molecule has 1 aromatic carbocycles. The predicted octanol–water partition coefficient (Wildman–Crippen LogP) is 2.52. The number of likely N-dealkylation sites (tertiary alicyclic amines) is 1. The Bertz CT molecular complexity index is 761. The number of benzene rings is 1. The van der Waals surface area contributed by atoms with Crippen molar-refractivity contribution < 1.29 is 14.0 Å². The number of pyridine rings is 1. The summed E-state index contributed by atoms with van der Waals surface area (Å²) < 4.78 is 12.9. The number of carbonyl (C=O) groups is 2. The third-order valence-corrected chi connectivity index (χ3v) is 4.12. The molecule has 0 radical (unpaired) electrons. The minimum Gasteiger partial charge on any atom is -0.338 e. The summed E-state index contributed by atoms with van der Waals surface area (Å²) in [4.78, 5) is 30.3. The second-order valence-electron chi connectivity index (χ2n) is 5.96. The van der Waals surface area contributed by atoms with Gasteiger partial charge in [0.1, 0.15) is 11.6 Å². The third kappa shape index (κ3) is 3.59. The first-order valence-electron chi connectivity index (χ1n) is 7.77. The van der Waals surface area contributed by atoms with Crippen LogP contribution in [-0.2, 0) is 16.1 Å². The number of halogens is 1. The van der Waals surface area contributed by atoms with Gasteiger partial charge in [-0.2, -0.15) is 0 Å². The van der Waals surface area contributed by atoms with Crippen LogP contribution in [0.2, 0.25) is 0 Å². The number of aryl methyl sites for hydroxylation is 1. The van der Waals surface area contributed by atoms with Gasteiger partial charge in [0, 0.05) is 25.7 Å². The van der Waals surface area contributed by atoms with Crippen molar-refractivity contribution in [1.29, 1.82) is 0 Å². The summed E-state index contributed by atoms with van der Waals surface area (Å²) >= 11 is 0. The van der Waals surface area contributed by atoms with Gasteiger partial charge in [-0.3, -0.25) is 9.59 Å². The van der Waals surface area contributed by atoms with Gasteiger partial charge >= 0.3 is 0 Å². The zero-order chi connectivity index (χ0) is 17.1. The zero-order valence-corrected chi connectivity index (χ0v) is 13.3. The molecule has 2 aromatic rings. The lowest BCUT2D eigenvalue weighted by Crippen LogP contribution is -2.28. The van der Waals surface area contributed by atoms with Crippen molar-refractivity contribution in [1.82, 2.24) is 9.88 Å². The number of amides is 2. The average molecular weight is 327 g/mol. The number of anilines is 1. The summed E-state index contributed by atoms with van der Waals surface area (Å²) in [6.07, 6.45) is 1.79. The van der Waals surface area contributed by atoms with Crippen LogP contribution in [0.1, 0.15) is 17.5 Å². The van der Waals surface area contributed by atoms with Crippen LogP contribution in [-0.4, -0.2) is 28.2 Å². The van der Waals surface area contributed by atoms with Gasteiger partial charge in [-0.25, -0.2) is 9.37 Å². The minimum atomic E-state index is -0.403. The van der Waals surface area contributed by atoms with Gasteiger partial charge < -0.3 is 10.2 Å². The van der Waals surface area contributed by atoms with Crippen molar-refractivity contribution in [3.05, 3.63) is 59.5 Å². The number of hydrogen-bond acceptors (Lipinski definition) is 3. The SMILES string of the molecule is Cc1cccnc1NC(=O)[C@@H]1CC(=O)N(Cc2ccc(F)cc2)C1. The van der Waals surface area contributed by atoms with Gasteiger partial charge in [0.2, 0.25) is 11.8 Å². The maximum absolute atomic E-state index is 12.9. The van der Waals surface area contributed by atoms with Crippen molar-refractivity contribution in [2.45, 2.75) is 19.9 Å². The molecule has 6 heteroatoms. The van der Waals surface area contributed by atoms with E-state index in [1.807, 2.05) is 13.0 Å². The average Bonchev–Trinajstić information content (AvgIpc) is 2.93. The molecule has 124 valence electrons. The van der Waals surface area contributed by atoms with Crippen LogP contribution < -0.4 is 5.32 Å². The monoisotopic (exact) mass is 327 g/mol. The first-order chi connectivity index (χ1) is 11.5. The van der Waals surface area contributed by atoms with Gasteiger partial charge in [0.15, 0.2) is 0 Å². The molecule has 0 saturated carbocycles. The topological polar surface area (TPSA) is 62.3 Å². The molecule has 0 bridgehead atoms. The summed E-state index contributed by atoms with van der Waals surface area (Å²) in [7, 11) is 0.